The molecule has 0 spiro atoms. The number of hydrogen-bond donors (Lipinski definition) is 2. The van der Waals surface area contributed by atoms with Crippen LogP contribution in [0.5, 0.6) is 5.75 Å². The predicted molar refractivity (Wildman–Crippen MR) is 79.7 cm³/mol. The van der Waals surface area contributed by atoms with Crippen molar-refractivity contribution in [2.45, 2.75) is 13.0 Å². The van der Waals surface area contributed by atoms with Gasteiger partial charge in [0.1, 0.15) is 11.6 Å². The van der Waals surface area contributed by atoms with Gasteiger partial charge in [-0.1, -0.05) is 12.1 Å². The molecular weight excluding hydrogens is 271 g/mol. The third kappa shape index (κ3) is 3.51. The highest BCUT2D eigenvalue weighted by Gasteiger charge is 2.15. The van der Waals surface area contributed by atoms with Crippen LogP contribution in [-0.4, -0.2) is 13.0 Å². The fourth-order valence-electron chi connectivity index (χ4n) is 1.99. The molecule has 3 N–H and O–H groups in total. The first kappa shape index (κ1) is 14.8. The van der Waals surface area contributed by atoms with E-state index in [1.165, 1.54) is 19.2 Å². The molecule has 1 atom stereocenters. The maximum absolute atomic E-state index is 13.2. The van der Waals surface area contributed by atoms with E-state index in [9.17, 15) is 9.18 Å². The molecule has 0 radical (unpaired) electrons. The van der Waals surface area contributed by atoms with Crippen molar-refractivity contribution in [1.29, 1.82) is 0 Å². The van der Waals surface area contributed by atoms with Gasteiger partial charge in [0.05, 0.1) is 18.7 Å². The van der Waals surface area contributed by atoms with Crippen molar-refractivity contribution in [2.24, 2.45) is 0 Å². The maximum Gasteiger partial charge on any atom is 0.253 e. The van der Waals surface area contributed by atoms with Crippen molar-refractivity contribution in [2.75, 3.05) is 12.8 Å². The van der Waals surface area contributed by atoms with Crippen LogP contribution in [0.1, 0.15) is 28.9 Å². The summed E-state index contributed by atoms with van der Waals surface area (Å²) in [6, 6.07) is 10.6. The van der Waals surface area contributed by atoms with Gasteiger partial charge in [-0.15, -0.1) is 0 Å². The highest BCUT2D eigenvalue weighted by atomic mass is 19.1. The van der Waals surface area contributed by atoms with Crippen molar-refractivity contribution in [3.05, 3.63) is 59.4 Å². The number of nitrogens with two attached hydrogens (primary N) is 1. The summed E-state index contributed by atoms with van der Waals surface area (Å²) in [6.45, 7) is 1.78. The number of nitrogens with one attached hydrogen (secondary N) is 1. The molecule has 0 bridgehead atoms. The number of hydrogen-bond acceptors (Lipinski definition) is 3. The average molecular weight is 288 g/mol. The number of carbonyl (C=O) groups is 1. The van der Waals surface area contributed by atoms with Gasteiger partial charge in [0, 0.05) is 5.69 Å². The minimum absolute atomic E-state index is 0.330. The lowest BCUT2D eigenvalue weighted by Gasteiger charge is -2.15. The molecule has 0 heterocycles. The van der Waals surface area contributed by atoms with E-state index in [0.29, 0.717) is 22.6 Å². The molecule has 2 rings (SSSR count). The largest absolute Gasteiger partial charge is 0.497 e. The van der Waals surface area contributed by atoms with Gasteiger partial charge >= 0.3 is 0 Å². The number of halogens is 1. The first-order valence-corrected chi connectivity index (χ1v) is 6.51. The molecule has 2 aromatic rings. The van der Waals surface area contributed by atoms with Gasteiger partial charge in [-0.25, -0.2) is 4.39 Å². The molecule has 0 aliphatic carbocycles. The standard InChI is InChI=1S/C16H17FN2O2/c1-10(11-4-3-5-12(17)8-11)19-16(20)14-9-13(21-2)6-7-15(14)18/h3-10H,18H2,1-2H3,(H,19,20)/t10-/m0/s1. The summed E-state index contributed by atoms with van der Waals surface area (Å²) in [5.74, 6) is -0.120. The minimum atomic E-state index is -0.338. The number of rotatable bonds is 4. The second-order valence-electron chi connectivity index (χ2n) is 4.70. The summed E-state index contributed by atoms with van der Waals surface area (Å²) in [5, 5.41) is 2.79. The molecule has 0 aromatic heterocycles. The van der Waals surface area contributed by atoms with Gasteiger partial charge in [-0.2, -0.15) is 0 Å². The number of anilines is 1. The Morgan fingerprint density at radius 2 is 2.05 bits per heavy atom. The van der Waals surface area contributed by atoms with Crippen molar-refractivity contribution < 1.29 is 13.9 Å². The van der Waals surface area contributed by atoms with Gasteiger partial charge in [0.25, 0.3) is 5.91 Å². The Kier molecular flexibility index (Phi) is 4.42. The van der Waals surface area contributed by atoms with E-state index in [4.69, 9.17) is 10.5 Å². The van der Waals surface area contributed by atoms with E-state index in [2.05, 4.69) is 5.32 Å². The first-order valence-electron chi connectivity index (χ1n) is 6.51. The fourth-order valence-corrected chi connectivity index (χ4v) is 1.99. The quantitative estimate of drug-likeness (QED) is 0.850. The van der Waals surface area contributed by atoms with E-state index in [-0.39, 0.29) is 17.8 Å². The van der Waals surface area contributed by atoms with Crippen molar-refractivity contribution in [3.63, 3.8) is 0 Å². The van der Waals surface area contributed by atoms with Crippen LogP contribution in [0.4, 0.5) is 10.1 Å². The van der Waals surface area contributed by atoms with Gasteiger partial charge in [-0.3, -0.25) is 4.79 Å². The maximum atomic E-state index is 13.2. The zero-order valence-corrected chi connectivity index (χ0v) is 11.9. The molecule has 0 unspecified atom stereocenters. The minimum Gasteiger partial charge on any atom is -0.497 e. The van der Waals surface area contributed by atoms with Crippen LogP contribution in [0.2, 0.25) is 0 Å². The smallest absolute Gasteiger partial charge is 0.253 e. The van der Waals surface area contributed by atoms with Crippen LogP contribution in [-0.2, 0) is 0 Å². The van der Waals surface area contributed by atoms with Gasteiger partial charge in [0.2, 0.25) is 0 Å². The van der Waals surface area contributed by atoms with Crippen LogP contribution in [0.25, 0.3) is 0 Å². The number of benzene rings is 2. The van der Waals surface area contributed by atoms with Gasteiger partial charge in [0.15, 0.2) is 0 Å². The Labute approximate surface area is 122 Å². The molecule has 0 saturated heterocycles. The molecule has 0 saturated carbocycles. The molecule has 1 amide bonds. The van der Waals surface area contributed by atoms with Crippen LogP contribution < -0.4 is 15.8 Å². The van der Waals surface area contributed by atoms with E-state index in [1.807, 2.05) is 0 Å². The lowest BCUT2D eigenvalue weighted by Crippen LogP contribution is -2.27. The van der Waals surface area contributed by atoms with Gasteiger partial charge in [-0.05, 0) is 42.8 Å². The SMILES string of the molecule is COc1ccc(N)c(C(=O)N[C@@H](C)c2cccc(F)c2)c1. The third-order valence-electron chi connectivity index (χ3n) is 3.20. The summed E-state index contributed by atoms with van der Waals surface area (Å²) in [6.07, 6.45) is 0. The summed E-state index contributed by atoms with van der Waals surface area (Å²) >= 11 is 0. The first-order chi connectivity index (χ1) is 10.0. The van der Waals surface area contributed by atoms with Crippen molar-refractivity contribution in [1.82, 2.24) is 5.32 Å². The molecule has 4 nitrogen and oxygen atoms in total. The number of ether oxygens (including phenoxy) is 1. The van der Waals surface area contributed by atoms with Crippen LogP contribution in [0, 0.1) is 5.82 Å². The highest BCUT2D eigenvalue weighted by Crippen LogP contribution is 2.21. The van der Waals surface area contributed by atoms with E-state index in [1.54, 1.807) is 37.3 Å². The zero-order valence-electron chi connectivity index (χ0n) is 11.9. The monoisotopic (exact) mass is 288 g/mol. The summed E-state index contributed by atoms with van der Waals surface area (Å²) < 4.78 is 18.3. The fraction of sp³-hybridized carbons (Fsp3) is 0.188. The van der Waals surface area contributed by atoms with E-state index in [0.717, 1.165) is 0 Å². The summed E-state index contributed by atoms with van der Waals surface area (Å²) in [7, 11) is 1.52. The third-order valence-corrected chi connectivity index (χ3v) is 3.20. The molecule has 21 heavy (non-hydrogen) atoms. The Bertz CT molecular complexity index is 658. The summed E-state index contributed by atoms with van der Waals surface area (Å²) in [5.41, 5.74) is 7.18. The van der Waals surface area contributed by atoms with Crippen LogP contribution in [0.15, 0.2) is 42.5 Å². The number of methoxy groups -OCH3 is 1. The van der Waals surface area contributed by atoms with E-state index < -0.39 is 0 Å². The average Bonchev–Trinajstić information content (AvgIpc) is 2.47. The Morgan fingerprint density at radius 1 is 1.29 bits per heavy atom. The van der Waals surface area contributed by atoms with Crippen LogP contribution in [0.3, 0.4) is 0 Å². The van der Waals surface area contributed by atoms with E-state index >= 15 is 0 Å². The predicted octanol–water partition coefficient (Wildman–Crippen LogP) is 2.91. The Hall–Kier alpha value is -2.56. The van der Waals surface area contributed by atoms with Crippen LogP contribution >= 0.6 is 0 Å². The molecular formula is C16H17FN2O2. The summed E-state index contributed by atoms with van der Waals surface area (Å²) in [4.78, 5) is 12.3. The van der Waals surface area contributed by atoms with Crippen molar-refractivity contribution in [3.8, 4) is 5.75 Å². The molecule has 5 heteroatoms. The Morgan fingerprint density at radius 3 is 2.71 bits per heavy atom. The molecule has 0 aliphatic rings. The molecule has 2 aromatic carbocycles. The number of nitrogen functional groups attached to an aromatic ring is 1. The van der Waals surface area contributed by atoms with Gasteiger partial charge < -0.3 is 15.8 Å². The second-order valence-corrected chi connectivity index (χ2v) is 4.70. The second kappa shape index (κ2) is 6.26. The zero-order chi connectivity index (χ0) is 15.4. The normalized spacial score (nSPS) is 11.8. The number of amides is 1. The lowest BCUT2D eigenvalue weighted by atomic mass is 10.1. The highest BCUT2D eigenvalue weighted by molar-refractivity contribution is 5.99. The molecule has 0 fully saturated rings. The molecule has 0 aliphatic heterocycles. The lowest BCUT2D eigenvalue weighted by molar-refractivity contribution is 0.0940. The topological polar surface area (TPSA) is 64.3 Å². The van der Waals surface area contributed by atoms with Crippen molar-refractivity contribution >= 4 is 11.6 Å². The number of carbonyl (C=O) groups excluding carboxylic acids is 1. The Balaban J connectivity index is 2.18. The molecule has 110 valence electrons.